The maximum atomic E-state index is 2.69. The third-order valence-corrected chi connectivity index (χ3v) is 19.2. The van der Waals surface area contributed by atoms with Crippen molar-refractivity contribution in [3.05, 3.63) is 79.2 Å². The molecule has 228 valence electrons. The van der Waals surface area contributed by atoms with Gasteiger partial charge in [-0.2, -0.15) is 0 Å². The first-order valence-corrected chi connectivity index (χ1v) is 20.0. The normalized spacial score (nSPS) is 19.0. The molecule has 0 N–H and O–H groups in total. The van der Waals surface area contributed by atoms with Crippen LogP contribution in [0.2, 0.25) is 0 Å². The van der Waals surface area contributed by atoms with Gasteiger partial charge >= 0.3 is 255 Å². The van der Waals surface area contributed by atoms with Gasteiger partial charge in [0.05, 0.1) is 0 Å². The summed E-state index contributed by atoms with van der Waals surface area (Å²) >= 11 is -2.38. The Morgan fingerprint density at radius 2 is 1.17 bits per heavy atom. The van der Waals surface area contributed by atoms with E-state index in [0.717, 1.165) is 0 Å². The Kier molecular flexibility index (Phi) is 11.0. The van der Waals surface area contributed by atoms with Gasteiger partial charge < -0.3 is 24.8 Å². The molecule has 2 aromatic rings. The van der Waals surface area contributed by atoms with Gasteiger partial charge in [0.15, 0.2) is 0 Å². The maximum absolute atomic E-state index is 2.69. The van der Waals surface area contributed by atoms with Gasteiger partial charge in [-0.15, -0.1) is 0 Å². The molecule has 1 saturated carbocycles. The van der Waals surface area contributed by atoms with E-state index in [4.69, 9.17) is 0 Å². The van der Waals surface area contributed by atoms with Gasteiger partial charge in [-0.25, -0.2) is 0 Å². The van der Waals surface area contributed by atoms with Crippen molar-refractivity contribution in [2.24, 2.45) is 11.3 Å². The van der Waals surface area contributed by atoms with Gasteiger partial charge in [0.25, 0.3) is 0 Å². The van der Waals surface area contributed by atoms with Crippen LogP contribution < -0.4 is 24.8 Å². The molecule has 1 fully saturated rings. The Bertz CT molecular complexity index is 1340. The molecule has 0 heterocycles. The maximum Gasteiger partial charge on any atom is -1.00 e. The molecule has 0 amide bonds. The zero-order valence-electron chi connectivity index (χ0n) is 28.2. The van der Waals surface area contributed by atoms with E-state index in [1.165, 1.54) is 60.8 Å². The molecule has 0 spiro atoms. The van der Waals surface area contributed by atoms with Crippen LogP contribution in [0.5, 0.6) is 0 Å². The monoisotopic (exact) mass is 682 g/mol. The first kappa shape index (κ1) is 35.7. The van der Waals surface area contributed by atoms with Gasteiger partial charge in [0.1, 0.15) is 0 Å². The predicted octanol–water partition coefficient (Wildman–Crippen LogP) is 5.40. The Hall–Kier alpha value is -0.747. The van der Waals surface area contributed by atoms with Crippen LogP contribution in [0.1, 0.15) is 141 Å². The molecule has 0 nitrogen and oxygen atoms in total. The van der Waals surface area contributed by atoms with Crippen LogP contribution in [-0.4, -0.2) is 3.21 Å². The summed E-state index contributed by atoms with van der Waals surface area (Å²) in [5.74, 6) is 0.581. The molecule has 2 aromatic carbocycles. The van der Waals surface area contributed by atoms with Crippen molar-refractivity contribution in [1.82, 2.24) is 0 Å². The van der Waals surface area contributed by atoms with Gasteiger partial charge in [0.2, 0.25) is 0 Å². The SMILES string of the molecule is CCC1=[C]([Zr+2](=[C]2CCCCC2)[CH]2c3cc(C(C)(C)C)ccc3-c3ccc(C(C)(C)C)cc32)C(C)C=C1C(C)(C)C.[Cl-].[Cl-]. The van der Waals surface area contributed by atoms with Gasteiger partial charge in [-0.3, -0.25) is 0 Å². The molecular formula is C39H54Cl2Zr. The number of hydrogen-bond donors (Lipinski definition) is 0. The number of fused-ring (bicyclic) bond motifs is 3. The van der Waals surface area contributed by atoms with Crippen molar-refractivity contribution < 1.29 is 46.1 Å². The van der Waals surface area contributed by atoms with Crippen molar-refractivity contribution in [2.45, 2.75) is 129 Å². The first-order valence-electron chi connectivity index (χ1n) is 16.1. The zero-order chi connectivity index (χ0) is 29.2. The van der Waals surface area contributed by atoms with Crippen LogP contribution in [0.15, 0.2) is 56.9 Å². The zero-order valence-corrected chi connectivity index (χ0v) is 32.2. The standard InChI is InChI=1S/C21H25.C12H19.C6H10.2ClH.Zr/c1-20(2,3)16-7-9-18-14(12-16)11-15-13-17(21(4,5)6)8-10-19(15)18;1-6-10-7-9(2)8-11(10)12(3,4)5;1-2-4-6-5-3-1;;;/h7-13H,1-6H3;8-9H,6H2,1-5H3;1-5H2;2*1H;/q;;;;;+2/p-2. The second-order valence-electron chi connectivity index (χ2n) is 16.0. The number of rotatable bonds is 3. The Labute approximate surface area is 278 Å². The molecule has 0 radical (unpaired) electrons. The molecule has 0 aromatic heterocycles. The van der Waals surface area contributed by atoms with Gasteiger partial charge in [-0.05, 0) is 0 Å². The van der Waals surface area contributed by atoms with E-state index in [9.17, 15) is 0 Å². The van der Waals surface area contributed by atoms with Crippen molar-refractivity contribution in [2.75, 3.05) is 0 Å². The molecule has 0 aliphatic heterocycles. The minimum Gasteiger partial charge on any atom is -1.00 e. The third-order valence-electron chi connectivity index (χ3n) is 9.85. The summed E-state index contributed by atoms with van der Waals surface area (Å²) in [6, 6.07) is 15.1. The molecule has 3 aliphatic rings. The van der Waals surface area contributed by atoms with Crippen LogP contribution in [0.3, 0.4) is 0 Å². The fraction of sp³-hybridized carbons (Fsp3) is 0.564. The molecule has 42 heavy (non-hydrogen) atoms. The fourth-order valence-corrected chi connectivity index (χ4v) is 18.2. The quantitative estimate of drug-likeness (QED) is 0.407. The van der Waals surface area contributed by atoms with Crippen molar-refractivity contribution in [3.63, 3.8) is 0 Å². The van der Waals surface area contributed by atoms with Gasteiger partial charge in [0, 0.05) is 0 Å². The van der Waals surface area contributed by atoms with E-state index < -0.39 is 21.3 Å². The Balaban J connectivity index is 0.00000242. The van der Waals surface area contributed by atoms with E-state index in [-0.39, 0.29) is 41.1 Å². The number of allylic oxidation sites excluding steroid dienone is 4. The molecule has 0 saturated heterocycles. The number of halogens is 2. The van der Waals surface area contributed by atoms with Crippen molar-refractivity contribution >= 4 is 3.21 Å². The summed E-state index contributed by atoms with van der Waals surface area (Å²) in [4.78, 5) is 0. The first-order chi connectivity index (χ1) is 18.6. The molecular weight excluding hydrogens is 631 g/mol. The average Bonchev–Trinajstić information content (AvgIpc) is 3.38. The van der Waals surface area contributed by atoms with E-state index in [0.29, 0.717) is 9.54 Å². The summed E-state index contributed by atoms with van der Waals surface area (Å²) in [6.07, 6.45) is 10.8. The third kappa shape index (κ3) is 6.61. The minimum absolute atomic E-state index is 0. The molecule has 3 heteroatoms. The van der Waals surface area contributed by atoms with Crippen LogP contribution >= 0.6 is 0 Å². The smallest absolute Gasteiger partial charge is 1.00 e. The van der Waals surface area contributed by atoms with Crippen LogP contribution in [0, 0.1) is 11.3 Å². The van der Waals surface area contributed by atoms with Crippen LogP contribution in [0.25, 0.3) is 11.1 Å². The van der Waals surface area contributed by atoms with Crippen LogP contribution in [0.4, 0.5) is 0 Å². The second-order valence-corrected chi connectivity index (χ2v) is 22.5. The van der Waals surface area contributed by atoms with Crippen LogP contribution in [-0.2, 0) is 32.1 Å². The molecule has 5 rings (SSSR count). The van der Waals surface area contributed by atoms with Crippen molar-refractivity contribution in [1.29, 1.82) is 0 Å². The van der Waals surface area contributed by atoms with Gasteiger partial charge in [-0.1, -0.05) is 0 Å². The number of benzene rings is 2. The van der Waals surface area contributed by atoms with E-state index >= 15 is 0 Å². The Morgan fingerprint density at radius 3 is 1.57 bits per heavy atom. The molecule has 3 aliphatic carbocycles. The average molecular weight is 685 g/mol. The predicted molar refractivity (Wildman–Crippen MR) is 173 cm³/mol. The topological polar surface area (TPSA) is 0 Å². The fourth-order valence-electron chi connectivity index (χ4n) is 7.65. The summed E-state index contributed by atoms with van der Waals surface area (Å²) in [5.41, 5.74) is 13.3. The summed E-state index contributed by atoms with van der Waals surface area (Å²) < 4.78 is 4.56. The van der Waals surface area contributed by atoms with E-state index in [1.54, 1.807) is 22.3 Å². The molecule has 0 bridgehead atoms. The van der Waals surface area contributed by atoms with Crippen molar-refractivity contribution in [3.8, 4) is 11.1 Å². The summed E-state index contributed by atoms with van der Waals surface area (Å²) in [7, 11) is 0. The summed E-state index contributed by atoms with van der Waals surface area (Å²) in [5, 5.41) is 0. The van der Waals surface area contributed by atoms with E-state index in [2.05, 4.69) is 119 Å². The van der Waals surface area contributed by atoms with E-state index in [1.807, 2.05) is 6.49 Å². The summed E-state index contributed by atoms with van der Waals surface area (Å²) in [6.45, 7) is 26.6. The molecule has 1 atom stereocenters. The second kappa shape index (κ2) is 12.9. The molecule has 1 unspecified atom stereocenters. The Morgan fingerprint density at radius 1 is 0.690 bits per heavy atom. The largest absolute Gasteiger partial charge is 1.00 e. The number of hydrogen-bond acceptors (Lipinski definition) is 0. The minimum atomic E-state index is -2.38.